The first-order valence-electron chi connectivity index (χ1n) is 11.5. The average molecular weight is 476 g/mol. The van der Waals surface area contributed by atoms with E-state index in [1.165, 1.54) is 35.5 Å². The van der Waals surface area contributed by atoms with Gasteiger partial charge in [0.1, 0.15) is 0 Å². The lowest BCUT2D eigenvalue weighted by atomic mass is 10.3. The van der Waals surface area contributed by atoms with E-state index >= 15 is 0 Å². The van der Waals surface area contributed by atoms with Gasteiger partial charge in [0.05, 0.1) is 0 Å². The Balaban J connectivity index is 1.80. The van der Waals surface area contributed by atoms with Crippen LogP contribution in [0.3, 0.4) is 0 Å². The predicted octanol–water partition coefficient (Wildman–Crippen LogP) is 7.14. The summed E-state index contributed by atoms with van der Waals surface area (Å²) in [5.41, 5.74) is 1.16. The van der Waals surface area contributed by atoms with Gasteiger partial charge in [0.25, 0.3) is 0 Å². The topological polar surface area (TPSA) is 12.0 Å². The fraction of sp³-hybridized carbons (Fsp3) is 0.0323. The van der Waals surface area contributed by atoms with Crippen LogP contribution in [0.25, 0.3) is 0 Å². The molecule has 6 rings (SSSR count). The summed E-state index contributed by atoms with van der Waals surface area (Å²) in [6.45, 7) is 0. The van der Waals surface area contributed by atoms with Gasteiger partial charge in [0, 0.05) is 32.3 Å². The van der Waals surface area contributed by atoms with E-state index in [9.17, 15) is 0 Å². The second-order valence-electron chi connectivity index (χ2n) is 8.31. The molecule has 0 bridgehead atoms. The van der Waals surface area contributed by atoms with Crippen molar-refractivity contribution >= 4 is 39.6 Å². The van der Waals surface area contributed by atoms with Gasteiger partial charge in [-0.1, -0.05) is 91.0 Å². The molecule has 0 saturated carbocycles. The summed E-state index contributed by atoms with van der Waals surface area (Å²) in [7, 11) is -0.319. The van der Waals surface area contributed by atoms with Crippen LogP contribution in [0.4, 0.5) is 5.69 Å². The number of anilines is 1. The Labute approximate surface area is 204 Å². The van der Waals surface area contributed by atoms with E-state index in [1.807, 2.05) is 7.05 Å². The third kappa shape index (κ3) is 3.21. The Morgan fingerprint density at radius 3 is 1.68 bits per heavy atom. The number of benzene rings is 5. The van der Waals surface area contributed by atoms with Crippen molar-refractivity contribution in [1.82, 2.24) is 0 Å². The highest BCUT2D eigenvalue weighted by Crippen LogP contribution is 2.76. The van der Waals surface area contributed by atoms with Gasteiger partial charge in [-0.25, -0.2) is 0 Å². The summed E-state index contributed by atoms with van der Waals surface area (Å²) in [6, 6.07) is 49.6. The summed E-state index contributed by atoms with van der Waals surface area (Å²) >= 11 is 0. The standard InChI is InChI=1S/C31H26NPS/c1-32-24-21-22-29-31(23-24)34(26-15-7-3-8-16-26,27-17-9-4-10-18-27)30-20-12-11-19-28(30)33(29)25-13-5-2-6-14-25/h2-23,32H,1H3. The highest BCUT2D eigenvalue weighted by molar-refractivity contribution is 8.34. The van der Waals surface area contributed by atoms with Crippen LogP contribution < -0.4 is 21.2 Å². The Morgan fingerprint density at radius 2 is 1.06 bits per heavy atom. The first kappa shape index (κ1) is 21.2. The maximum Gasteiger partial charge on any atom is 0.0349 e. The predicted molar refractivity (Wildman–Crippen MR) is 148 cm³/mol. The second kappa shape index (κ2) is 8.80. The summed E-state index contributed by atoms with van der Waals surface area (Å²) in [4.78, 5) is 5.67. The minimum Gasteiger partial charge on any atom is -0.388 e. The smallest absolute Gasteiger partial charge is 0.0349 e. The molecule has 1 aliphatic heterocycles. The molecule has 1 aliphatic rings. The third-order valence-corrected chi connectivity index (χ3v) is 13.3. The number of fused-ring (bicyclic) bond motifs is 2. The van der Waals surface area contributed by atoms with E-state index in [4.69, 9.17) is 0 Å². The first-order valence-corrected chi connectivity index (χ1v) is 14.5. The number of hydrogen-bond acceptors (Lipinski definition) is 1. The lowest BCUT2D eigenvalue weighted by Crippen LogP contribution is -2.32. The van der Waals surface area contributed by atoms with Gasteiger partial charge in [-0.3, -0.25) is 0 Å². The molecule has 0 radical (unpaired) electrons. The van der Waals surface area contributed by atoms with Crippen LogP contribution in [0, 0.1) is 0 Å². The SMILES string of the molecule is CNc1ccc2c(c1)S(c1ccccc1)(c1ccccc1)c1ccccc1P2c1ccccc1. The van der Waals surface area contributed by atoms with E-state index in [0.29, 0.717) is 0 Å². The number of rotatable bonds is 4. The molecule has 0 amide bonds. The lowest BCUT2D eigenvalue weighted by Gasteiger charge is -2.49. The van der Waals surface area contributed by atoms with E-state index in [0.717, 1.165) is 5.69 Å². The summed E-state index contributed by atoms with van der Waals surface area (Å²) in [5.74, 6) is 0. The zero-order valence-electron chi connectivity index (χ0n) is 19.1. The normalized spacial score (nSPS) is 16.7. The zero-order valence-corrected chi connectivity index (χ0v) is 20.8. The van der Waals surface area contributed by atoms with E-state index < -0.39 is 17.9 Å². The van der Waals surface area contributed by atoms with Crippen LogP contribution >= 0.6 is 17.9 Å². The Bertz CT molecular complexity index is 1400. The molecule has 166 valence electrons. The molecule has 1 N–H and O–H groups in total. The van der Waals surface area contributed by atoms with Crippen LogP contribution in [0.1, 0.15) is 0 Å². The van der Waals surface area contributed by atoms with Crippen molar-refractivity contribution in [3.05, 3.63) is 133 Å². The molecule has 34 heavy (non-hydrogen) atoms. The molecule has 1 heterocycles. The molecule has 0 aliphatic carbocycles. The minimum atomic E-state index is -1.67. The van der Waals surface area contributed by atoms with Gasteiger partial charge in [-0.2, -0.15) is 0 Å². The molecule has 3 heteroatoms. The first-order chi connectivity index (χ1) is 16.8. The zero-order chi connectivity index (χ0) is 23.0. The van der Waals surface area contributed by atoms with Crippen LogP contribution in [0.2, 0.25) is 0 Å². The fourth-order valence-corrected chi connectivity index (χ4v) is 12.7. The molecule has 0 fully saturated rings. The maximum atomic E-state index is 3.42. The van der Waals surface area contributed by atoms with Crippen LogP contribution in [-0.4, -0.2) is 7.05 Å². The Hall–Kier alpha value is -3.32. The van der Waals surface area contributed by atoms with Crippen LogP contribution in [0.15, 0.2) is 153 Å². The van der Waals surface area contributed by atoms with Gasteiger partial charge >= 0.3 is 0 Å². The van der Waals surface area contributed by atoms with Gasteiger partial charge in [-0.05, 0) is 66.3 Å². The maximum absolute atomic E-state index is 3.42. The van der Waals surface area contributed by atoms with Crippen molar-refractivity contribution in [2.24, 2.45) is 0 Å². The van der Waals surface area contributed by atoms with Crippen molar-refractivity contribution in [3.8, 4) is 0 Å². The number of hydrogen-bond donors (Lipinski definition) is 1. The summed E-state index contributed by atoms with van der Waals surface area (Å²) in [6.07, 6.45) is 0. The average Bonchev–Trinajstić information content (AvgIpc) is 2.93. The van der Waals surface area contributed by atoms with E-state index in [-0.39, 0.29) is 0 Å². The van der Waals surface area contributed by atoms with Crippen molar-refractivity contribution < 1.29 is 0 Å². The van der Waals surface area contributed by atoms with Gasteiger partial charge in [-0.15, -0.1) is 10.0 Å². The highest BCUT2D eigenvalue weighted by Gasteiger charge is 2.43. The lowest BCUT2D eigenvalue weighted by molar-refractivity contribution is 1.26. The highest BCUT2D eigenvalue weighted by atomic mass is 32.3. The molecule has 1 atom stereocenters. The van der Waals surface area contributed by atoms with Crippen LogP contribution in [0.5, 0.6) is 0 Å². The van der Waals surface area contributed by atoms with Gasteiger partial charge in [0.2, 0.25) is 0 Å². The Kier molecular flexibility index (Phi) is 5.49. The third-order valence-electron chi connectivity index (χ3n) is 6.46. The monoisotopic (exact) mass is 475 g/mol. The summed E-state index contributed by atoms with van der Waals surface area (Å²) < 4.78 is 0. The molecule has 1 nitrogen and oxygen atoms in total. The Morgan fingerprint density at radius 1 is 0.529 bits per heavy atom. The molecular weight excluding hydrogens is 449 g/mol. The quantitative estimate of drug-likeness (QED) is 0.267. The van der Waals surface area contributed by atoms with E-state index in [1.54, 1.807) is 0 Å². The minimum absolute atomic E-state index is 0.662. The number of nitrogens with one attached hydrogen (secondary N) is 1. The van der Waals surface area contributed by atoms with Crippen molar-refractivity contribution in [1.29, 1.82) is 0 Å². The van der Waals surface area contributed by atoms with Gasteiger partial charge < -0.3 is 5.32 Å². The molecule has 0 saturated heterocycles. The largest absolute Gasteiger partial charge is 0.388 e. The fourth-order valence-electron chi connectivity index (χ4n) is 5.00. The summed E-state index contributed by atoms with van der Waals surface area (Å²) in [5, 5.41) is 7.75. The van der Waals surface area contributed by atoms with Crippen molar-refractivity contribution in [2.75, 3.05) is 12.4 Å². The molecule has 1 unspecified atom stereocenters. The van der Waals surface area contributed by atoms with Crippen LogP contribution in [-0.2, 0) is 0 Å². The molecule has 5 aromatic carbocycles. The second-order valence-corrected chi connectivity index (χ2v) is 13.5. The molecule has 0 aromatic heterocycles. The molecule has 5 aromatic rings. The molecule has 0 spiro atoms. The van der Waals surface area contributed by atoms with Crippen molar-refractivity contribution in [3.63, 3.8) is 0 Å². The molecular formula is C31H26NPS. The van der Waals surface area contributed by atoms with Crippen molar-refractivity contribution in [2.45, 2.75) is 19.6 Å². The van der Waals surface area contributed by atoms with Gasteiger partial charge in [0.15, 0.2) is 0 Å². The van der Waals surface area contributed by atoms with E-state index in [2.05, 4.69) is 139 Å².